The molecule has 0 aromatic heterocycles. The van der Waals surface area contributed by atoms with Crippen LogP contribution in [0.15, 0.2) is 36.4 Å². The molecule has 2 aromatic rings. The van der Waals surface area contributed by atoms with Crippen LogP contribution in [0.3, 0.4) is 0 Å². The smallest absolute Gasteiger partial charge is 0.161 e. The van der Waals surface area contributed by atoms with Gasteiger partial charge in [0, 0.05) is 16.6 Å². The summed E-state index contributed by atoms with van der Waals surface area (Å²) in [4.78, 5) is 0. The summed E-state index contributed by atoms with van der Waals surface area (Å²) in [7, 11) is 1.62. The van der Waals surface area contributed by atoms with Crippen molar-refractivity contribution in [3.8, 4) is 11.5 Å². The third-order valence-electron chi connectivity index (χ3n) is 3.31. The molecule has 2 rings (SSSR count). The standard InChI is InChI=1S/C17H20ClNO2/c1-11-4-5-14(15(18)8-11)10-21-16-7-6-13(12(2)19)9-17(16)20-3/h4-9,12H,10,19H2,1-3H3/t12-/m0/s1. The van der Waals surface area contributed by atoms with Gasteiger partial charge >= 0.3 is 0 Å². The zero-order valence-electron chi connectivity index (χ0n) is 12.5. The minimum absolute atomic E-state index is 0.0421. The van der Waals surface area contributed by atoms with E-state index in [9.17, 15) is 0 Å². The Balaban J connectivity index is 2.16. The van der Waals surface area contributed by atoms with Crippen LogP contribution in [0.1, 0.15) is 29.7 Å². The van der Waals surface area contributed by atoms with E-state index in [2.05, 4.69) is 0 Å². The van der Waals surface area contributed by atoms with Crippen LogP contribution in [-0.4, -0.2) is 7.11 Å². The molecule has 0 bridgehead atoms. The van der Waals surface area contributed by atoms with Gasteiger partial charge in [0.1, 0.15) is 6.61 Å². The Labute approximate surface area is 130 Å². The number of benzene rings is 2. The maximum absolute atomic E-state index is 6.21. The summed E-state index contributed by atoms with van der Waals surface area (Å²) in [5.74, 6) is 1.35. The molecule has 0 saturated carbocycles. The van der Waals surface area contributed by atoms with Gasteiger partial charge in [0.15, 0.2) is 11.5 Å². The second kappa shape index (κ2) is 6.83. The fraction of sp³-hybridized carbons (Fsp3) is 0.294. The summed E-state index contributed by atoms with van der Waals surface area (Å²) < 4.78 is 11.2. The molecular weight excluding hydrogens is 286 g/mol. The molecule has 4 heteroatoms. The molecule has 0 aliphatic heterocycles. The van der Waals surface area contributed by atoms with E-state index in [-0.39, 0.29) is 6.04 Å². The van der Waals surface area contributed by atoms with Gasteiger partial charge in [0.2, 0.25) is 0 Å². The second-order valence-corrected chi connectivity index (χ2v) is 5.49. The maximum Gasteiger partial charge on any atom is 0.161 e. The number of aryl methyl sites for hydroxylation is 1. The molecule has 0 heterocycles. The maximum atomic E-state index is 6.21. The van der Waals surface area contributed by atoms with Crippen molar-refractivity contribution in [2.45, 2.75) is 26.5 Å². The van der Waals surface area contributed by atoms with Gasteiger partial charge < -0.3 is 15.2 Å². The highest BCUT2D eigenvalue weighted by atomic mass is 35.5. The fourth-order valence-electron chi connectivity index (χ4n) is 2.01. The summed E-state index contributed by atoms with van der Waals surface area (Å²) in [6, 6.07) is 11.6. The zero-order chi connectivity index (χ0) is 15.4. The number of methoxy groups -OCH3 is 1. The van der Waals surface area contributed by atoms with Crippen molar-refractivity contribution < 1.29 is 9.47 Å². The lowest BCUT2D eigenvalue weighted by molar-refractivity contribution is 0.284. The molecule has 3 nitrogen and oxygen atoms in total. The Bertz CT molecular complexity index is 626. The molecular formula is C17H20ClNO2. The highest BCUT2D eigenvalue weighted by molar-refractivity contribution is 6.31. The first-order valence-corrected chi connectivity index (χ1v) is 7.20. The predicted octanol–water partition coefficient (Wildman–Crippen LogP) is 4.26. The Hall–Kier alpha value is -1.71. The van der Waals surface area contributed by atoms with E-state index in [1.807, 2.05) is 50.2 Å². The topological polar surface area (TPSA) is 44.5 Å². The van der Waals surface area contributed by atoms with Gasteiger partial charge in [-0.15, -0.1) is 0 Å². The SMILES string of the molecule is COc1cc([C@H](C)N)ccc1OCc1ccc(C)cc1Cl. The molecule has 2 N–H and O–H groups in total. The molecule has 1 atom stereocenters. The van der Waals surface area contributed by atoms with Crippen LogP contribution in [0.2, 0.25) is 5.02 Å². The Morgan fingerprint density at radius 1 is 1.14 bits per heavy atom. The number of hydrogen-bond acceptors (Lipinski definition) is 3. The van der Waals surface area contributed by atoms with Crippen molar-refractivity contribution in [1.29, 1.82) is 0 Å². The third kappa shape index (κ3) is 3.90. The molecule has 112 valence electrons. The van der Waals surface area contributed by atoms with Gasteiger partial charge in [-0.25, -0.2) is 0 Å². The third-order valence-corrected chi connectivity index (χ3v) is 3.66. The highest BCUT2D eigenvalue weighted by Crippen LogP contribution is 2.31. The average molecular weight is 306 g/mol. The Morgan fingerprint density at radius 3 is 2.52 bits per heavy atom. The number of nitrogens with two attached hydrogens (primary N) is 1. The molecule has 0 spiro atoms. The van der Waals surface area contributed by atoms with Crippen LogP contribution in [0.25, 0.3) is 0 Å². The quantitative estimate of drug-likeness (QED) is 0.898. The molecule has 0 fully saturated rings. The number of rotatable bonds is 5. The molecule has 0 aliphatic carbocycles. The van der Waals surface area contributed by atoms with E-state index in [1.165, 1.54) is 0 Å². The fourth-order valence-corrected chi connectivity index (χ4v) is 2.30. The van der Waals surface area contributed by atoms with Crippen molar-refractivity contribution in [2.75, 3.05) is 7.11 Å². The molecule has 0 aliphatic rings. The summed E-state index contributed by atoms with van der Waals surface area (Å²) in [5, 5.41) is 0.709. The summed E-state index contributed by atoms with van der Waals surface area (Å²) in [6.45, 7) is 4.33. The van der Waals surface area contributed by atoms with Crippen LogP contribution >= 0.6 is 11.6 Å². The van der Waals surface area contributed by atoms with Crippen LogP contribution in [0, 0.1) is 6.92 Å². The van der Waals surface area contributed by atoms with Crippen molar-refractivity contribution in [1.82, 2.24) is 0 Å². The second-order valence-electron chi connectivity index (χ2n) is 5.08. The first-order valence-electron chi connectivity index (χ1n) is 6.82. The van der Waals surface area contributed by atoms with Crippen molar-refractivity contribution >= 4 is 11.6 Å². The Kier molecular flexibility index (Phi) is 5.10. The van der Waals surface area contributed by atoms with E-state index in [1.54, 1.807) is 7.11 Å². The molecule has 0 radical (unpaired) electrons. The first-order chi connectivity index (χ1) is 10.0. The van der Waals surface area contributed by atoms with Crippen LogP contribution in [0.4, 0.5) is 0 Å². The molecule has 0 saturated heterocycles. The van der Waals surface area contributed by atoms with E-state index in [0.29, 0.717) is 23.1 Å². The molecule has 0 unspecified atom stereocenters. The Morgan fingerprint density at radius 2 is 1.90 bits per heavy atom. The predicted molar refractivity (Wildman–Crippen MR) is 86.1 cm³/mol. The summed E-state index contributed by atoms with van der Waals surface area (Å²) >= 11 is 6.21. The summed E-state index contributed by atoms with van der Waals surface area (Å²) in [5.41, 5.74) is 8.95. The van der Waals surface area contributed by atoms with Gasteiger partial charge in [-0.1, -0.05) is 29.8 Å². The lowest BCUT2D eigenvalue weighted by Crippen LogP contribution is -2.06. The minimum atomic E-state index is -0.0421. The van der Waals surface area contributed by atoms with Gasteiger partial charge in [-0.3, -0.25) is 0 Å². The largest absolute Gasteiger partial charge is 0.493 e. The lowest BCUT2D eigenvalue weighted by atomic mass is 10.1. The lowest BCUT2D eigenvalue weighted by Gasteiger charge is -2.14. The van der Waals surface area contributed by atoms with Crippen molar-refractivity contribution in [2.24, 2.45) is 5.73 Å². The highest BCUT2D eigenvalue weighted by Gasteiger charge is 2.09. The zero-order valence-corrected chi connectivity index (χ0v) is 13.3. The molecule has 0 amide bonds. The monoisotopic (exact) mass is 305 g/mol. The van der Waals surface area contributed by atoms with Crippen LogP contribution in [0.5, 0.6) is 11.5 Å². The van der Waals surface area contributed by atoms with E-state index < -0.39 is 0 Å². The first kappa shape index (κ1) is 15.7. The molecule has 21 heavy (non-hydrogen) atoms. The minimum Gasteiger partial charge on any atom is -0.493 e. The van der Waals surface area contributed by atoms with Gasteiger partial charge in [-0.2, -0.15) is 0 Å². The van der Waals surface area contributed by atoms with E-state index in [4.69, 9.17) is 26.8 Å². The van der Waals surface area contributed by atoms with Crippen LogP contribution < -0.4 is 15.2 Å². The van der Waals surface area contributed by atoms with Gasteiger partial charge in [0.25, 0.3) is 0 Å². The molecule has 2 aromatic carbocycles. The number of hydrogen-bond donors (Lipinski definition) is 1. The average Bonchev–Trinajstić information content (AvgIpc) is 2.46. The van der Waals surface area contributed by atoms with Gasteiger partial charge in [0.05, 0.1) is 7.11 Å². The van der Waals surface area contributed by atoms with Crippen LogP contribution in [-0.2, 0) is 6.61 Å². The van der Waals surface area contributed by atoms with E-state index in [0.717, 1.165) is 16.7 Å². The van der Waals surface area contributed by atoms with Crippen molar-refractivity contribution in [3.05, 3.63) is 58.1 Å². The normalized spacial score (nSPS) is 12.0. The van der Waals surface area contributed by atoms with Gasteiger partial charge in [-0.05, 0) is 43.2 Å². The number of ether oxygens (including phenoxy) is 2. The summed E-state index contributed by atoms with van der Waals surface area (Å²) in [6.07, 6.45) is 0. The number of halogens is 1. The van der Waals surface area contributed by atoms with E-state index >= 15 is 0 Å². The van der Waals surface area contributed by atoms with Crippen molar-refractivity contribution in [3.63, 3.8) is 0 Å².